The van der Waals surface area contributed by atoms with E-state index in [4.69, 9.17) is 19.9 Å². The zero-order valence-corrected chi connectivity index (χ0v) is 24.3. The van der Waals surface area contributed by atoms with Gasteiger partial charge in [0.25, 0.3) is 0 Å². The minimum Gasteiger partial charge on any atom is -0.469 e. The van der Waals surface area contributed by atoms with Crippen molar-refractivity contribution in [1.29, 1.82) is 0 Å². The van der Waals surface area contributed by atoms with Crippen LogP contribution in [0.25, 0.3) is 0 Å². The van der Waals surface area contributed by atoms with Crippen LogP contribution in [0.1, 0.15) is 98.8 Å². The van der Waals surface area contributed by atoms with Gasteiger partial charge < -0.3 is 25.1 Å². The molecular weight excluding hydrogens is 482 g/mol. The SMILES string of the molecule is COC(=O)CCC1CC(C)C2C(O1)C(O)C1(C)C3CCC4C(C)(C)C(OC(N)=O)CCC45CC35CCC21C. The second kappa shape index (κ2) is 8.34. The van der Waals surface area contributed by atoms with Gasteiger partial charge in [0.15, 0.2) is 0 Å². The third kappa shape index (κ3) is 3.15. The first-order valence-corrected chi connectivity index (χ1v) is 15.1. The van der Waals surface area contributed by atoms with Crippen LogP contribution < -0.4 is 5.73 Å². The van der Waals surface area contributed by atoms with E-state index < -0.39 is 12.2 Å². The van der Waals surface area contributed by atoms with Gasteiger partial charge in [0.2, 0.25) is 0 Å². The van der Waals surface area contributed by atoms with E-state index in [1.807, 2.05) is 0 Å². The van der Waals surface area contributed by atoms with Crippen molar-refractivity contribution in [3.8, 4) is 0 Å². The average molecular weight is 532 g/mol. The van der Waals surface area contributed by atoms with Crippen LogP contribution in [0.4, 0.5) is 4.79 Å². The summed E-state index contributed by atoms with van der Waals surface area (Å²) in [4.78, 5) is 23.5. The Balaban J connectivity index is 1.29. The van der Waals surface area contributed by atoms with Crippen molar-refractivity contribution in [1.82, 2.24) is 0 Å². The summed E-state index contributed by atoms with van der Waals surface area (Å²) in [5.74, 6) is 1.56. The van der Waals surface area contributed by atoms with Crippen molar-refractivity contribution < 1.29 is 28.9 Å². The number of ether oxygens (including phenoxy) is 3. The van der Waals surface area contributed by atoms with Crippen molar-refractivity contribution >= 4 is 12.1 Å². The first kappa shape index (κ1) is 26.9. The first-order chi connectivity index (χ1) is 17.8. The average Bonchev–Trinajstić information content (AvgIpc) is 3.49. The summed E-state index contributed by atoms with van der Waals surface area (Å²) in [6, 6.07) is 0. The summed E-state index contributed by atoms with van der Waals surface area (Å²) in [5, 5.41) is 12.2. The van der Waals surface area contributed by atoms with Gasteiger partial charge in [0, 0.05) is 17.3 Å². The van der Waals surface area contributed by atoms with Gasteiger partial charge in [0.1, 0.15) is 6.10 Å². The number of hydrogen-bond acceptors (Lipinski definition) is 6. The molecule has 6 fully saturated rings. The number of carbonyl (C=O) groups is 2. The first-order valence-electron chi connectivity index (χ1n) is 15.1. The third-order valence-corrected chi connectivity index (χ3v) is 14.0. The number of amides is 1. The summed E-state index contributed by atoms with van der Waals surface area (Å²) >= 11 is 0. The quantitative estimate of drug-likeness (QED) is 0.482. The van der Waals surface area contributed by atoms with Crippen LogP contribution in [0, 0.1) is 50.7 Å². The van der Waals surface area contributed by atoms with Gasteiger partial charge in [-0.15, -0.1) is 0 Å². The number of aliphatic hydroxyl groups is 1. The second-order valence-electron chi connectivity index (χ2n) is 15.2. The lowest BCUT2D eigenvalue weighted by atomic mass is 9.41. The molecule has 3 N–H and O–H groups in total. The van der Waals surface area contributed by atoms with Gasteiger partial charge in [-0.2, -0.15) is 0 Å². The molecule has 1 saturated heterocycles. The summed E-state index contributed by atoms with van der Waals surface area (Å²) in [5.41, 5.74) is 5.73. The van der Waals surface area contributed by atoms with Gasteiger partial charge in [-0.1, -0.05) is 34.6 Å². The highest BCUT2D eigenvalue weighted by Gasteiger charge is 2.84. The minimum absolute atomic E-state index is 0.00866. The molecule has 12 unspecified atom stereocenters. The molecular formula is C31H49NO6. The van der Waals surface area contributed by atoms with Gasteiger partial charge in [0.05, 0.1) is 25.4 Å². The number of rotatable bonds is 4. The standard InChI is InChI=1S/C31H49NO6/c1-17-15-18(7-10-22(33)36-6)37-24-23(17)28(4)13-14-31-16-30(31)12-11-21(38-26(32)35)27(2,3)19(30)8-9-20(31)29(28,5)25(24)34/h17-21,23-25,34H,7-16H2,1-6H3,(H2,32,35). The van der Waals surface area contributed by atoms with E-state index in [-0.39, 0.29) is 51.4 Å². The number of primary amides is 1. The predicted molar refractivity (Wildman–Crippen MR) is 142 cm³/mol. The van der Waals surface area contributed by atoms with Gasteiger partial charge in [-0.05, 0) is 97.7 Å². The van der Waals surface area contributed by atoms with Gasteiger partial charge in [-0.25, -0.2) is 4.79 Å². The highest BCUT2D eigenvalue weighted by Crippen LogP contribution is 2.89. The van der Waals surface area contributed by atoms with E-state index in [1.165, 1.54) is 20.0 Å². The maximum absolute atomic E-state index is 12.2. The molecule has 2 spiro atoms. The fourth-order valence-corrected chi connectivity index (χ4v) is 12.3. The fraction of sp³-hybridized carbons (Fsp3) is 0.935. The molecule has 5 saturated carbocycles. The molecule has 38 heavy (non-hydrogen) atoms. The molecule has 0 aromatic rings. The van der Waals surface area contributed by atoms with Crippen molar-refractivity contribution in [2.24, 2.45) is 56.5 Å². The second-order valence-corrected chi connectivity index (χ2v) is 15.2. The van der Waals surface area contributed by atoms with Crippen molar-refractivity contribution in [3.63, 3.8) is 0 Å². The Morgan fingerprint density at radius 3 is 2.39 bits per heavy atom. The predicted octanol–water partition coefficient (Wildman–Crippen LogP) is 5.22. The van der Waals surface area contributed by atoms with Crippen LogP contribution >= 0.6 is 0 Å². The minimum atomic E-state index is -0.658. The molecule has 0 aromatic heterocycles. The van der Waals surface area contributed by atoms with Crippen LogP contribution in [-0.4, -0.2) is 48.7 Å². The van der Waals surface area contributed by atoms with Crippen molar-refractivity contribution in [2.75, 3.05) is 7.11 Å². The number of methoxy groups -OCH3 is 1. The molecule has 12 atom stereocenters. The maximum atomic E-state index is 12.2. The number of aliphatic hydroxyl groups excluding tert-OH is 1. The lowest BCUT2D eigenvalue weighted by Crippen LogP contribution is -2.60. The Hall–Kier alpha value is -1.34. The largest absolute Gasteiger partial charge is 0.469 e. The lowest BCUT2D eigenvalue weighted by Gasteiger charge is -2.63. The van der Waals surface area contributed by atoms with E-state index in [0.29, 0.717) is 36.5 Å². The maximum Gasteiger partial charge on any atom is 0.404 e. The topological polar surface area (TPSA) is 108 Å². The van der Waals surface area contributed by atoms with Crippen LogP contribution in [0.2, 0.25) is 0 Å². The van der Waals surface area contributed by atoms with Gasteiger partial charge >= 0.3 is 12.1 Å². The number of esters is 1. The Morgan fingerprint density at radius 1 is 1.03 bits per heavy atom. The molecule has 6 aliphatic rings. The molecule has 0 radical (unpaired) electrons. The monoisotopic (exact) mass is 531 g/mol. The molecule has 7 nitrogen and oxygen atoms in total. The summed E-state index contributed by atoms with van der Waals surface area (Å²) < 4.78 is 17.2. The van der Waals surface area contributed by atoms with Gasteiger partial charge in [-0.3, -0.25) is 4.79 Å². The van der Waals surface area contributed by atoms with E-state index in [9.17, 15) is 14.7 Å². The molecule has 214 valence electrons. The van der Waals surface area contributed by atoms with E-state index in [1.54, 1.807) is 0 Å². The fourth-order valence-electron chi connectivity index (χ4n) is 12.3. The molecule has 1 heterocycles. The molecule has 0 bridgehead atoms. The smallest absolute Gasteiger partial charge is 0.404 e. The number of nitrogens with two attached hydrogens (primary N) is 1. The molecule has 6 rings (SSSR count). The number of hydrogen-bond donors (Lipinski definition) is 2. The summed E-state index contributed by atoms with van der Waals surface area (Å²) in [7, 11) is 1.43. The zero-order chi connectivity index (χ0) is 27.5. The summed E-state index contributed by atoms with van der Waals surface area (Å²) in [6.07, 6.45) is 8.30. The summed E-state index contributed by atoms with van der Waals surface area (Å²) in [6.45, 7) is 11.8. The Morgan fingerprint density at radius 2 is 1.71 bits per heavy atom. The zero-order valence-electron chi connectivity index (χ0n) is 24.3. The number of fused-ring (bicyclic) bond motifs is 4. The van der Waals surface area contributed by atoms with Crippen molar-refractivity contribution in [3.05, 3.63) is 0 Å². The van der Waals surface area contributed by atoms with Crippen LogP contribution in [0.3, 0.4) is 0 Å². The Kier molecular flexibility index (Phi) is 5.90. The highest BCUT2D eigenvalue weighted by atomic mass is 16.6. The molecule has 1 amide bonds. The van der Waals surface area contributed by atoms with Crippen LogP contribution in [0.5, 0.6) is 0 Å². The van der Waals surface area contributed by atoms with E-state index in [0.717, 1.165) is 38.5 Å². The van der Waals surface area contributed by atoms with E-state index >= 15 is 0 Å². The van der Waals surface area contributed by atoms with Crippen LogP contribution in [0.15, 0.2) is 0 Å². The van der Waals surface area contributed by atoms with Crippen LogP contribution in [-0.2, 0) is 19.0 Å². The van der Waals surface area contributed by atoms with Crippen molar-refractivity contribution in [2.45, 2.75) is 123 Å². The molecule has 0 aromatic carbocycles. The normalized spacial score (nSPS) is 53.9. The molecule has 1 aliphatic heterocycles. The molecule has 7 heteroatoms. The Bertz CT molecular complexity index is 1010. The lowest BCUT2D eigenvalue weighted by molar-refractivity contribution is -0.182. The highest BCUT2D eigenvalue weighted by molar-refractivity contribution is 5.69. The number of carbonyl (C=O) groups excluding carboxylic acids is 2. The molecule has 5 aliphatic carbocycles. The van der Waals surface area contributed by atoms with E-state index in [2.05, 4.69) is 34.6 Å². The Labute approximate surface area is 227 Å². The third-order valence-electron chi connectivity index (χ3n) is 14.0.